The molecule has 3 rings (SSSR count). The van der Waals surface area contributed by atoms with Crippen molar-refractivity contribution in [1.29, 1.82) is 0 Å². The minimum atomic E-state index is -1.13. The third-order valence-electron chi connectivity index (χ3n) is 6.24. The van der Waals surface area contributed by atoms with Crippen LogP contribution in [0.4, 0.5) is 0 Å². The fraction of sp³-hybridized carbons (Fsp3) is 0.286. The van der Waals surface area contributed by atoms with Crippen LogP contribution in [0.1, 0.15) is 52.5 Å². The van der Waals surface area contributed by atoms with Gasteiger partial charge in [0, 0.05) is 11.1 Å². The minimum absolute atomic E-state index is 0.220. The van der Waals surface area contributed by atoms with E-state index in [-0.39, 0.29) is 17.5 Å². The molecule has 0 aliphatic carbocycles. The topological polar surface area (TPSA) is 83.2 Å². The Labute approximate surface area is 197 Å². The Balaban J connectivity index is 0.000000357. The lowest BCUT2D eigenvalue weighted by atomic mass is 9.92. The monoisotopic (exact) mass is 446 g/mol. The number of likely N-dealkylation sites (N-methyl/N-ethyl adjacent to an activating group) is 1. The normalized spacial score (nSPS) is 11.8. The molecule has 0 saturated carbocycles. The maximum atomic E-state index is 12.6. The van der Waals surface area contributed by atoms with Gasteiger partial charge in [0.1, 0.15) is 6.54 Å². The molecule has 3 aromatic rings. The van der Waals surface area contributed by atoms with Crippen molar-refractivity contribution in [2.75, 3.05) is 13.1 Å². The first kappa shape index (κ1) is 25.8. The van der Waals surface area contributed by atoms with E-state index in [4.69, 9.17) is 5.73 Å². The van der Waals surface area contributed by atoms with Crippen LogP contribution in [0.15, 0.2) is 78.9 Å². The smallest absolute Gasteiger partial charge is 0.280 e. The Morgan fingerprint density at radius 1 is 0.818 bits per heavy atom. The molecule has 0 aliphatic rings. The van der Waals surface area contributed by atoms with Gasteiger partial charge >= 0.3 is 0 Å². The van der Waals surface area contributed by atoms with Crippen LogP contribution in [0.5, 0.6) is 0 Å². The summed E-state index contributed by atoms with van der Waals surface area (Å²) >= 11 is 0. The first-order valence-electron chi connectivity index (χ1n) is 11.3. The van der Waals surface area contributed by atoms with E-state index in [2.05, 4.69) is 52.0 Å². The predicted molar refractivity (Wildman–Crippen MR) is 130 cm³/mol. The number of nitrogens with two attached hydrogens (primary N) is 1. The highest BCUT2D eigenvalue weighted by Gasteiger charge is 2.41. The fourth-order valence-corrected chi connectivity index (χ4v) is 4.37. The van der Waals surface area contributed by atoms with Gasteiger partial charge < -0.3 is 20.1 Å². The quantitative estimate of drug-likeness (QED) is 0.532. The second kappa shape index (κ2) is 12.0. The molecule has 0 fully saturated rings. The van der Waals surface area contributed by atoms with E-state index in [1.54, 1.807) is 18.2 Å². The van der Waals surface area contributed by atoms with Gasteiger partial charge in [-0.2, -0.15) is 0 Å². The van der Waals surface area contributed by atoms with Crippen LogP contribution in [0, 0.1) is 13.8 Å². The lowest BCUT2D eigenvalue weighted by Gasteiger charge is -2.43. The molecule has 3 aromatic carbocycles. The third-order valence-corrected chi connectivity index (χ3v) is 6.24. The van der Waals surface area contributed by atoms with E-state index in [9.17, 15) is 14.7 Å². The molecule has 1 unspecified atom stereocenters. The van der Waals surface area contributed by atoms with Crippen LogP contribution < -0.4 is 10.8 Å². The Kier molecular flexibility index (Phi) is 9.37. The number of carboxylic acid groups (broad SMARTS) is 1. The molecule has 0 spiro atoms. The zero-order valence-electron chi connectivity index (χ0n) is 20.0. The standard InChI is InChI=1S/C21H28N2O.C7H6O2/c1-5-23(6-2,15-18-13-8-7-9-14-18)20(21(22)24)19-16(3)11-10-12-17(19)4;8-7(9)6-4-2-1-3-5-6/h7-14,20H,5-6,15H2,1-4H3,(H-,22,24);1-5H,(H,8,9). The number of aryl methyl sites for hydroxylation is 2. The molecule has 0 radical (unpaired) electrons. The van der Waals surface area contributed by atoms with Crippen molar-refractivity contribution in [1.82, 2.24) is 0 Å². The molecule has 0 bridgehead atoms. The molecule has 174 valence electrons. The van der Waals surface area contributed by atoms with Gasteiger partial charge in [-0.15, -0.1) is 0 Å². The molecule has 0 aromatic heterocycles. The maximum absolute atomic E-state index is 12.6. The molecule has 0 aliphatic heterocycles. The summed E-state index contributed by atoms with van der Waals surface area (Å²) in [5, 5.41) is 10.1. The Hall–Kier alpha value is -3.44. The summed E-state index contributed by atoms with van der Waals surface area (Å²) in [6.45, 7) is 10.9. The van der Waals surface area contributed by atoms with E-state index in [0.29, 0.717) is 4.48 Å². The highest BCUT2D eigenvalue weighted by molar-refractivity contribution is 5.85. The van der Waals surface area contributed by atoms with Gasteiger partial charge in [0.2, 0.25) is 0 Å². The predicted octanol–water partition coefficient (Wildman–Crippen LogP) is 3.94. The van der Waals surface area contributed by atoms with Gasteiger partial charge in [-0.1, -0.05) is 78.9 Å². The summed E-state index contributed by atoms with van der Waals surface area (Å²) in [4.78, 5) is 22.7. The van der Waals surface area contributed by atoms with Gasteiger partial charge in [0.25, 0.3) is 5.91 Å². The van der Waals surface area contributed by atoms with E-state index in [0.717, 1.165) is 36.3 Å². The highest BCUT2D eigenvalue weighted by Crippen LogP contribution is 2.34. The number of benzene rings is 3. The molecule has 1 atom stereocenters. The summed E-state index contributed by atoms with van der Waals surface area (Å²) in [6.07, 6.45) is 0. The first-order chi connectivity index (χ1) is 15.8. The minimum Gasteiger partial charge on any atom is -0.545 e. The van der Waals surface area contributed by atoms with Gasteiger partial charge in [-0.05, 0) is 44.4 Å². The molecule has 1 amide bonds. The van der Waals surface area contributed by atoms with Gasteiger partial charge in [0.05, 0.1) is 19.1 Å². The van der Waals surface area contributed by atoms with Crippen molar-refractivity contribution in [3.63, 3.8) is 0 Å². The highest BCUT2D eigenvalue weighted by atomic mass is 16.4. The summed E-state index contributed by atoms with van der Waals surface area (Å²) in [5.74, 6) is -1.37. The van der Waals surface area contributed by atoms with Crippen LogP contribution in [-0.4, -0.2) is 29.4 Å². The summed E-state index contributed by atoms with van der Waals surface area (Å²) in [6, 6.07) is 24.3. The number of carboxylic acids is 1. The summed E-state index contributed by atoms with van der Waals surface area (Å²) in [5.41, 5.74) is 10.8. The van der Waals surface area contributed by atoms with Crippen LogP contribution in [0.25, 0.3) is 0 Å². The number of hydrogen-bond acceptors (Lipinski definition) is 3. The van der Waals surface area contributed by atoms with Crippen LogP contribution in [-0.2, 0) is 11.3 Å². The summed E-state index contributed by atoms with van der Waals surface area (Å²) < 4.78 is 0.644. The average Bonchev–Trinajstić information content (AvgIpc) is 2.82. The van der Waals surface area contributed by atoms with E-state index < -0.39 is 5.97 Å². The number of primary amides is 1. The lowest BCUT2D eigenvalue weighted by Crippen LogP contribution is -2.54. The van der Waals surface area contributed by atoms with Crippen molar-refractivity contribution < 1.29 is 19.2 Å². The second-order valence-corrected chi connectivity index (χ2v) is 8.26. The molecular weight excluding hydrogens is 412 g/mol. The van der Waals surface area contributed by atoms with Crippen molar-refractivity contribution >= 4 is 11.9 Å². The second-order valence-electron chi connectivity index (χ2n) is 8.26. The first-order valence-corrected chi connectivity index (χ1v) is 11.3. The largest absolute Gasteiger partial charge is 0.545 e. The number of amides is 1. The van der Waals surface area contributed by atoms with Crippen molar-refractivity contribution in [2.45, 2.75) is 40.3 Å². The molecule has 0 heterocycles. The summed E-state index contributed by atoms with van der Waals surface area (Å²) in [7, 11) is 0. The number of carbonyl (C=O) groups is 2. The van der Waals surface area contributed by atoms with Crippen LogP contribution >= 0.6 is 0 Å². The van der Waals surface area contributed by atoms with Crippen molar-refractivity contribution in [3.8, 4) is 0 Å². The Bertz CT molecular complexity index is 1030. The zero-order chi connectivity index (χ0) is 24.4. The number of hydrogen-bond donors (Lipinski definition) is 1. The molecule has 5 nitrogen and oxygen atoms in total. The van der Waals surface area contributed by atoms with Gasteiger partial charge in [-0.25, -0.2) is 0 Å². The number of nitrogens with zero attached hydrogens (tertiary/aromatic N) is 1. The number of carbonyl (C=O) groups excluding carboxylic acids is 2. The van der Waals surface area contributed by atoms with E-state index in [1.165, 1.54) is 17.7 Å². The number of aromatic carboxylic acids is 1. The SMILES string of the molecule is CC[N+](CC)(Cc1ccccc1)C(C(N)=O)c1c(C)cccc1C.O=C([O-])c1ccccc1. The Morgan fingerprint density at radius 3 is 1.70 bits per heavy atom. The molecular formula is C28H34N2O3. The van der Waals surface area contributed by atoms with Gasteiger partial charge in [0.15, 0.2) is 6.04 Å². The Morgan fingerprint density at radius 2 is 1.30 bits per heavy atom. The van der Waals surface area contributed by atoms with Crippen LogP contribution in [0.3, 0.4) is 0 Å². The fourth-order valence-electron chi connectivity index (χ4n) is 4.37. The average molecular weight is 447 g/mol. The number of quaternary nitrogens is 1. The molecule has 2 N–H and O–H groups in total. The van der Waals surface area contributed by atoms with Crippen LogP contribution in [0.2, 0.25) is 0 Å². The van der Waals surface area contributed by atoms with Crippen molar-refractivity contribution in [3.05, 3.63) is 107 Å². The number of rotatable bonds is 8. The van der Waals surface area contributed by atoms with Gasteiger partial charge in [-0.3, -0.25) is 4.79 Å². The molecule has 5 heteroatoms. The van der Waals surface area contributed by atoms with Crippen molar-refractivity contribution in [2.24, 2.45) is 5.73 Å². The molecule has 33 heavy (non-hydrogen) atoms. The van der Waals surface area contributed by atoms with E-state index in [1.807, 2.05) is 24.3 Å². The zero-order valence-corrected chi connectivity index (χ0v) is 20.0. The maximum Gasteiger partial charge on any atom is 0.280 e. The third kappa shape index (κ3) is 6.53. The van der Waals surface area contributed by atoms with E-state index >= 15 is 0 Å². The lowest BCUT2D eigenvalue weighted by molar-refractivity contribution is -0.957. The molecule has 0 saturated heterocycles.